The van der Waals surface area contributed by atoms with Gasteiger partial charge in [0.2, 0.25) is 11.8 Å². The van der Waals surface area contributed by atoms with Crippen LogP contribution in [-0.4, -0.2) is 17.9 Å². The summed E-state index contributed by atoms with van der Waals surface area (Å²) in [7, 11) is 0. The number of carbonyl (C=O) groups excluding carboxylic acids is 2. The van der Waals surface area contributed by atoms with Crippen molar-refractivity contribution in [3.63, 3.8) is 0 Å². The molecule has 1 aromatic rings. The first-order chi connectivity index (χ1) is 9.36. The predicted molar refractivity (Wildman–Crippen MR) is 76.2 cm³/mol. The lowest BCUT2D eigenvalue weighted by Gasteiger charge is -2.17. The van der Waals surface area contributed by atoms with Gasteiger partial charge in [-0.2, -0.15) is 5.26 Å². The fourth-order valence-electron chi connectivity index (χ4n) is 1.56. The Morgan fingerprint density at radius 2 is 1.95 bits per heavy atom. The Kier molecular flexibility index (Phi) is 5.81. The Hall–Kier alpha value is -1.77. The van der Waals surface area contributed by atoms with Crippen molar-refractivity contribution in [3.05, 3.63) is 33.8 Å². The van der Waals surface area contributed by atoms with Crippen LogP contribution in [0.3, 0.4) is 0 Å². The van der Waals surface area contributed by atoms with E-state index in [0.717, 1.165) is 0 Å². The maximum absolute atomic E-state index is 11.9. The van der Waals surface area contributed by atoms with E-state index in [2.05, 4.69) is 10.6 Å². The molecule has 0 saturated heterocycles. The molecule has 2 atom stereocenters. The van der Waals surface area contributed by atoms with Gasteiger partial charge in [0.1, 0.15) is 12.1 Å². The summed E-state index contributed by atoms with van der Waals surface area (Å²) < 4.78 is 0. The van der Waals surface area contributed by atoms with Crippen molar-refractivity contribution in [3.8, 4) is 6.07 Å². The highest BCUT2D eigenvalue weighted by atomic mass is 35.5. The fraction of sp³-hybridized carbons (Fsp3) is 0.308. The van der Waals surface area contributed by atoms with Crippen LogP contribution in [0.2, 0.25) is 10.0 Å². The van der Waals surface area contributed by atoms with Crippen molar-refractivity contribution in [1.29, 1.82) is 5.26 Å². The molecule has 0 saturated carbocycles. The SMILES string of the molecule is CC(=O)NC(C)C(=O)NC(C#N)c1cccc(Cl)c1Cl. The third-order valence-electron chi connectivity index (χ3n) is 2.52. The maximum atomic E-state index is 11.9. The molecule has 0 aliphatic carbocycles. The van der Waals surface area contributed by atoms with Gasteiger partial charge in [-0.15, -0.1) is 0 Å². The molecule has 0 aliphatic heterocycles. The normalized spacial score (nSPS) is 12.9. The van der Waals surface area contributed by atoms with E-state index in [-0.39, 0.29) is 10.9 Å². The quantitative estimate of drug-likeness (QED) is 0.894. The van der Waals surface area contributed by atoms with Crippen molar-refractivity contribution in [2.24, 2.45) is 0 Å². The molecule has 0 radical (unpaired) electrons. The fourth-order valence-corrected chi connectivity index (χ4v) is 1.98. The summed E-state index contributed by atoms with van der Waals surface area (Å²) in [6.45, 7) is 2.82. The summed E-state index contributed by atoms with van der Waals surface area (Å²) in [5.74, 6) is -0.815. The van der Waals surface area contributed by atoms with E-state index < -0.39 is 18.0 Å². The predicted octanol–water partition coefficient (Wildman–Crippen LogP) is 2.20. The number of carbonyl (C=O) groups is 2. The minimum atomic E-state index is -0.940. The van der Waals surface area contributed by atoms with Crippen LogP contribution in [0.5, 0.6) is 0 Å². The van der Waals surface area contributed by atoms with Gasteiger partial charge in [-0.3, -0.25) is 9.59 Å². The molecule has 1 aromatic carbocycles. The summed E-state index contributed by atoms with van der Waals surface area (Å²) in [5, 5.41) is 14.6. The third-order valence-corrected chi connectivity index (χ3v) is 3.35. The second kappa shape index (κ2) is 7.13. The summed E-state index contributed by atoms with van der Waals surface area (Å²) >= 11 is 11.9. The third kappa shape index (κ3) is 4.12. The van der Waals surface area contributed by atoms with Crippen LogP contribution < -0.4 is 10.6 Å². The van der Waals surface area contributed by atoms with Crippen LogP contribution in [0.15, 0.2) is 18.2 Å². The molecular weight excluding hydrogens is 301 g/mol. The average Bonchev–Trinajstić information content (AvgIpc) is 2.38. The number of nitriles is 1. The molecule has 0 spiro atoms. The number of benzene rings is 1. The molecule has 106 valence electrons. The smallest absolute Gasteiger partial charge is 0.243 e. The minimum Gasteiger partial charge on any atom is -0.345 e. The highest BCUT2D eigenvalue weighted by Gasteiger charge is 2.21. The molecule has 0 heterocycles. The molecular formula is C13H13Cl2N3O2. The monoisotopic (exact) mass is 313 g/mol. The molecule has 20 heavy (non-hydrogen) atoms. The second-order valence-corrected chi connectivity index (χ2v) is 4.92. The maximum Gasteiger partial charge on any atom is 0.243 e. The summed E-state index contributed by atoms with van der Waals surface area (Å²) in [6, 6.07) is 5.07. The molecule has 0 aliphatic rings. The van der Waals surface area contributed by atoms with Crippen LogP contribution in [-0.2, 0) is 9.59 Å². The van der Waals surface area contributed by atoms with Crippen LogP contribution in [0.4, 0.5) is 0 Å². The summed E-state index contributed by atoms with van der Waals surface area (Å²) in [5.41, 5.74) is 0.407. The number of rotatable bonds is 4. The van der Waals surface area contributed by atoms with Gasteiger partial charge >= 0.3 is 0 Å². The Balaban J connectivity index is 2.88. The van der Waals surface area contributed by atoms with Crippen molar-refractivity contribution in [1.82, 2.24) is 10.6 Å². The lowest BCUT2D eigenvalue weighted by Crippen LogP contribution is -2.45. The van der Waals surface area contributed by atoms with Crippen molar-refractivity contribution >= 4 is 35.0 Å². The largest absolute Gasteiger partial charge is 0.345 e. The van der Waals surface area contributed by atoms with Crippen molar-refractivity contribution < 1.29 is 9.59 Å². The van der Waals surface area contributed by atoms with E-state index in [1.165, 1.54) is 13.8 Å². The molecule has 0 aromatic heterocycles. The van der Waals surface area contributed by atoms with Gasteiger partial charge in [0.15, 0.2) is 0 Å². The number of hydrogen-bond donors (Lipinski definition) is 2. The first kappa shape index (κ1) is 16.3. The van der Waals surface area contributed by atoms with Gasteiger partial charge in [0, 0.05) is 12.5 Å². The van der Waals surface area contributed by atoms with E-state index in [1.54, 1.807) is 18.2 Å². The molecule has 2 amide bonds. The zero-order valence-corrected chi connectivity index (χ0v) is 12.4. The van der Waals surface area contributed by atoms with Crippen LogP contribution in [0, 0.1) is 11.3 Å². The van der Waals surface area contributed by atoms with Crippen LogP contribution in [0.25, 0.3) is 0 Å². The number of halogens is 2. The molecule has 1 rings (SSSR count). The van der Waals surface area contributed by atoms with Gasteiger partial charge in [-0.05, 0) is 13.0 Å². The summed E-state index contributed by atoms with van der Waals surface area (Å²) in [6.07, 6.45) is 0. The van der Waals surface area contributed by atoms with E-state index >= 15 is 0 Å². The lowest BCUT2D eigenvalue weighted by molar-refractivity contribution is -0.127. The van der Waals surface area contributed by atoms with Crippen LogP contribution in [0.1, 0.15) is 25.5 Å². The van der Waals surface area contributed by atoms with Gasteiger partial charge in [-0.25, -0.2) is 0 Å². The van der Waals surface area contributed by atoms with E-state index in [9.17, 15) is 9.59 Å². The highest BCUT2D eigenvalue weighted by molar-refractivity contribution is 6.42. The number of nitrogens with one attached hydrogen (secondary N) is 2. The van der Waals surface area contributed by atoms with E-state index in [0.29, 0.717) is 10.6 Å². The van der Waals surface area contributed by atoms with Gasteiger partial charge in [0.25, 0.3) is 0 Å². The Morgan fingerprint density at radius 3 is 2.50 bits per heavy atom. The number of nitrogens with zero attached hydrogens (tertiary/aromatic N) is 1. The van der Waals surface area contributed by atoms with Crippen molar-refractivity contribution in [2.45, 2.75) is 25.9 Å². The lowest BCUT2D eigenvalue weighted by atomic mass is 10.1. The van der Waals surface area contributed by atoms with E-state index in [1.807, 2.05) is 6.07 Å². The summed E-state index contributed by atoms with van der Waals surface area (Å²) in [4.78, 5) is 22.8. The molecule has 2 N–H and O–H groups in total. The van der Waals surface area contributed by atoms with E-state index in [4.69, 9.17) is 28.5 Å². The van der Waals surface area contributed by atoms with Crippen molar-refractivity contribution in [2.75, 3.05) is 0 Å². The standard InChI is InChI=1S/C13H13Cl2N3O2/c1-7(17-8(2)19)13(20)18-11(6-16)9-4-3-5-10(14)12(9)15/h3-5,7,11H,1-2H3,(H,17,19)(H,18,20). The number of hydrogen-bond acceptors (Lipinski definition) is 3. The first-order valence-electron chi connectivity index (χ1n) is 5.77. The average molecular weight is 314 g/mol. The Morgan fingerprint density at radius 1 is 1.30 bits per heavy atom. The second-order valence-electron chi connectivity index (χ2n) is 4.14. The Labute approximate surface area is 126 Å². The minimum absolute atomic E-state index is 0.216. The van der Waals surface area contributed by atoms with Gasteiger partial charge in [0.05, 0.1) is 16.1 Å². The molecule has 7 heteroatoms. The number of amides is 2. The molecule has 0 bridgehead atoms. The highest BCUT2D eigenvalue weighted by Crippen LogP contribution is 2.29. The topological polar surface area (TPSA) is 82.0 Å². The zero-order valence-electron chi connectivity index (χ0n) is 10.9. The Bertz CT molecular complexity index is 569. The zero-order chi connectivity index (χ0) is 15.3. The van der Waals surface area contributed by atoms with Gasteiger partial charge < -0.3 is 10.6 Å². The first-order valence-corrected chi connectivity index (χ1v) is 6.53. The molecule has 0 fully saturated rings. The molecule has 5 nitrogen and oxygen atoms in total. The van der Waals surface area contributed by atoms with Gasteiger partial charge in [-0.1, -0.05) is 35.3 Å². The van der Waals surface area contributed by atoms with Crippen LogP contribution >= 0.6 is 23.2 Å². The molecule has 2 unspecified atom stereocenters.